The summed E-state index contributed by atoms with van der Waals surface area (Å²) in [5, 5.41) is 6.75. The number of hydrogen-bond acceptors (Lipinski definition) is 4. The second kappa shape index (κ2) is 6.67. The molecule has 0 aliphatic heterocycles. The molecule has 0 radical (unpaired) electrons. The first-order valence-corrected chi connectivity index (χ1v) is 8.39. The Morgan fingerprint density at radius 3 is 2.67 bits per heavy atom. The first-order chi connectivity index (χ1) is 9.95. The highest BCUT2D eigenvalue weighted by Crippen LogP contribution is 2.27. The molecule has 21 heavy (non-hydrogen) atoms. The fraction of sp³-hybridized carbons (Fsp3) is 0.529. The summed E-state index contributed by atoms with van der Waals surface area (Å²) in [5.74, 6) is 0. The molecule has 0 aliphatic rings. The molecule has 0 spiro atoms. The SMILES string of the molecule is CCc1cccnc1C(Cc1nc(C(C)(C)C)cs1)NC. The highest BCUT2D eigenvalue weighted by molar-refractivity contribution is 7.09. The van der Waals surface area contributed by atoms with E-state index in [1.165, 1.54) is 16.3 Å². The van der Waals surface area contributed by atoms with Crippen LogP contribution in [0.2, 0.25) is 0 Å². The van der Waals surface area contributed by atoms with Crippen LogP contribution in [0.15, 0.2) is 23.7 Å². The molecule has 2 aromatic rings. The van der Waals surface area contributed by atoms with Crippen molar-refractivity contribution in [3.63, 3.8) is 0 Å². The monoisotopic (exact) mass is 303 g/mol. The van der Waals surface area contributed by atoms with Gasteiger partial charge in [-0.25, -0.2) is 4.98 Å². The molecule has 2 aromatic heterocycles. The predicted octanol–water partition coefficient (Wildman–Crippen LogP) is 3.90. The molecule has 0 amide bonds. The molecule has 1 N–H and O–H groups in total. The standard InChI is InChI=1S/C17H25N3S/c1-6-12-8-7-9-19-16(12)13(18-5)10-15-20-14(11-21-15)17(2,3)4/h7-9,11,13,18H,6,10H2,1-5H3. The van der Waals surface area contributed by atoms with Gasteiger partial charge in [-0.05, 0) is 25.1 Å². The third-order valence-electron chi connectivity index (χ3n) is 3.68. The van der Waals surface area contributed by atoms with Crippen molar-refractivity contribution < 1.29 is 0 Å². The maximum absolute atomic E-state index is 4.80. The van der Waals surface area contributed by atoms with Crippen molar-refractivity contribution in [2.75, 3.05) is 7.05 Å². The summed E-state index contributed by atoms with van der Waals surface area (Å²) in [6.45, 7) is 8.79. The van der Waals surface area contributed by atoms with Crippen molar-refractivity contribution in [2.45, 2.75) is 52.0 Å². The summed E-state index contributed by atoms with van der Waals surface area (Å²) in [4.78, 5) is 9.39. The lowest BCUT2D eigenvalue weighted by molar-refractivity contribution is 0.552. The lowest BCUT2D eigenvalue weighted by Gasteiger charge is -2.18. The van der Waals surface area contributed by atoms with E-state index in [0.29, 0.717) is 0 Å². The molecule has 0 aliphatic carbocycles. The van der Waals surface area contributed by atoms with E-state index in [1.54, 1.807) is 11.3 Å². The average Bonchev–Trinajstić information content (AvgIpc) is 2.93. The van der Waals surface area contributed by atoms with Crippen LogP contribution in [0.25, 0.3) is 0 Å². The average molecular weight is 303 g/mol. The van der Waals surface area contributed by atoms with Gasteiger partial charge in [0.2, 0.25) is 0 Å². The number of thiazole rings is 1. The molecule has 2 rings (SSSR count). The van der Waals surface area contributed by atoms with E-state index in [0.717, 1.165) is 18.5 Å². The van der Waals surface area contributed by atoms with Gasteiger partial charge >= 0.3 is 0 Å². The number of hydrogen-bond donors (Lipinski definition) is 1. The Labute approximate surface area is 131 Å². The van der Waals surface area contributed by atoms with Gasteiger partial charge in [-0.3, -0.25) is 4.98 Å². The van der Waals surface area contributed by atoms with E-state index in [-0.39, 0.29) is 11.5 Å². The second-order valence-electron chi connectivity index (χ2n) is 6.32. The van der Waals surface area contributed by atoms with Crippen molar-refractivity contribution in [1.29, 1.82) is 0 Å². The normalized spacial score (nSPS) is 13.4. The van der Waals surface area contributed by atoms with E-state index in [2.05, 4.69) is 49.4 Å². The molecule has 114 valence electrons. The summed E-state index contributed by atoms with van der Waals surface area (Å²) >= 11 is 1.75. The van der Waals surface area contributed by atoms with Gasteiger partial charge in [-0.1, -0.05) is 33.8 Å². The fourth-order valence-electron chi connectivity index (χ4n) is 2.32. The van der Waals surface area contributed by atoms with E-state index in [1.807, 2.05) is 19.3 Å². The summed E-state index contributed by atoms with van der Waals surface area (Å²) in [7, 11) is 2.00. The maximum atomic E-state index is 4.80. The Bertz CT molecular complexity index is 584. The van der Waals surface area contributed by atoms with E-state index < -0.39 is 0 Å². The molecular formula is C17H25N3S. The quantitative estimate of drug-likeness (QED) is 0.910. The zero-order valence-corrected chi connectivity index (χ0v) is 14.4. The van der Waals surface area contributed by atoms with Crippen LogP contribution in [0.5, 0.6) is 0 Å². The number of aryl methyl sites for hydroxylation is 1. The van der Waals surface area contributed by atoms with Gasteiger partial charge in [0.25, 0.3) is 0 Å². The van der Waals surface area contributed by atoms with E-state index in [9.17, 15) is 0 Å². The number of rotatable bonds is 5. The van der Waals surface area contributed by atoms with Crippen molar-refractivity contribution in [3.8, 4) is 0 Å². The minimum Gasteiger partial charge on any atom is -0.311 e. The number of nitrogens with one attached hydrogen (secondary N) is 1. The van der Waals surface area contributed by atoms with Crippen molar-refractivity contribution in [3.05, 3.63) is 45.7 Å². The van der Waals surface area contributed by atoms with Crippen molar-refractivity contribution in [2.24, 2.45) is 0 Å². The summed E-state index contributed by atoms with van der Waals surface area (Å²) < 4.78 is 0. The molecule has 0 fully saturated rings. The Morgan fingerprint density at radius 1 is 1.33 bits per heavy atom. The third kappa shape index (κ3) is 3.89. The summed E-state index contributed by atoms with van der Waals surface area (Å²) in [6, 6.07) is 4.39. The van der Waals surface area contributed by atoms with Crippen LogP contribution < -0.4 is 5.32 Å². The van der Waals surface area contributed by atoms with Crippen LogP contribution in [-0.2, 0) is 18.3 Å². The largest absolute Gasteiger partial charge is 0.311 e. The van der Waals surface area contributed by atoms with Crippen LogP contribution in [0, 0.1) is 0 Å². The van der Waals surface area contributed by atoms with Crippen LogP contribution >= 0.6 is 11.3 Å². The van der Waals surface area contributed by atoms with Gasteiger partial charge in [0.05, 0.1) is 22.4 Å². The lowest BCUT2D eigenvalue weighted by Crippen LogP contribution is -2.21. The fourth-order valence-corrected chi connectivity index (χ4v) is 3.39. The van der Waals surface area contributed by atoms with Crippen molar-refractivity contribution >= 4 is 11.3 Å². The number of pyridine rings is 1. The van der Waals surface area contributed by atoms with E-state index >= 15 is 0 Å². The van der Waals surface area contributed by atoms with Gasteiger partial charge in [-0.2, -0.15) is 0 Å². The lowest BCUT2D eigenvalue weighted by atomic mass is 9.93. The van der Waals surface area contributed by atoms with Gasteiger partial charge < -0.3 is 5.32 Å². The van der Waals surface area contributed by atoms with Gasteiger partial charge in [0.1, 0.15) is 0 Å². The molecule has 1 unspecified atom stereocenters. The molecular weight excluding hydrogens is 278 g/mol. The first kappa shape index (κ1) is 16.1. The molecule has 1 atom stereocenters. The van der Waals surface area contributed by atoms with Gasteiger partial charge in [0.15, 0.2) is 0 Å². The third-order valence-corrected chi connectivity index (χ3v) is 4.56. The molecule has 0 aromatic carbocycles. The smallest absolute Gasteiger partial charge is 0.0948 e. The number of likely N-dealkylation sites (N-methyl/N-ethyl adjacent to an activating group) is 1. The van der Waals surface area contributed by atoms with Crippen LogP contribution in [0.4, 0.5) is 0 Å². The minimum atomic E-state index is 0.115. The Balaban J connectivity index is 2.21. The van der Waals surface area contributed by atoms with Crippen molar-refractivity contribution in [1.82, 2.24) is 15.3 Å². The molecule has 0 saturated carbocycles. The second-order valence-corrected chi connectivity index (χ2v) is 7.27. The summed E-state index contributed by atoms with van der Waals surface area (Å²) in [6.07, 6.45) is 3.77. The number of aromatic nitrogens is 2. The molecule has 0 bridgehead atoms. The summed E-state index contributed by atoms with van der Waals surface area (Å²) in [5.41, 5.74) is 3.75. The van der Waals surface area contributed by atoms with Gasteiger partial charge in [-0.15, -0.1) is 11.3 Å². The van der Waals surface area contributed by atoms with Crippen LogP contribution in [-0.4, -0.2) is 17.0 Å². The first-order valence-electron chi connectivity index (χ1n) is 7.51. The Kier molecular flexibility index (Phi) is 5.12. The Hall–Kier alpha value is -1.26. The zero-order chi connectivity index (χ0) is 15.5. The maximum Gasteiger partial charge on any atom is 0.0948 e. The molecule has 4 heteroatoms. The van der Waals surface area contributed by atoms with E-state index in [4.69, 9.17) is 4.98 Å². The molecule has 3 nitrogen and oxygen atoms in total. The Morgan fingerprint density at radius 2 is 2.10 bits per heavy atom. The van der Waals surface area contributed by atoms with Crippen LogP contribution in [0.3, 0.4) is 0 Å². The molecule has 0 saturated heterocycles. The zero-order valence-electron chi connectivity index (χ0n) is 13.6. The highest BCUT2D eigenvalue weighted by atomic mass is 32.1. The topological polar surface area (TPSA) is 37.8 Å². The number of nitrogens with zero attached hydrogens (tertiary/aromatic N) is 2. The van der Waals surface area contributed by atoms with Crippen LogP contribution in [0.1, 0.15) is 55.7 Å². The minimum absolute atomic E-state index is 0.115. The predicted molar refractivity (Wildman–Crippen MR) is 89.9 cm³/mol. The highest BCUT2D eigenvalue weighted by Gasteiger charge is 2.20. The molecule has 2 heterocycles. The van der Waals surface area contributed by atoms with Gasteiger partial charge in [0, 0.05) is 23.4 Å².